The van der Waals surface area contributed by atoms with Crippen LogP contribution in [0.1, 0.15) is 23.4 Å². The number of benzene rings is 1. The summed E-state index contributed by atoms with van der Waals surface area (Å²) in [6.45, 7) is 3.12. The van der Waals surface area contributed by atoms with Crippen molar-refractivity contribution in [1.82, 2.24) is 15.5 Å². The van der Waals surface area contributed by atoms with Crippen molar-refractivity contribution in [3.63, 3.8) is 0 Å². The quantitative estimate of drug-likeness (QED) is 0.906. The Balaban J connectivity index is 1.70. The van der Waals surface area contributed by atoms with E-state index in [1.54, 1.807) is 11.3 Å². The highest BCUT2D eigenvalue weighted by Crippen LogP contribution is 2.30. The van der Waals surface area contributed by atoms with Gasteiger partial charge in [0.15, 0.2) is 0 Å². The van der Waals surface area contributed by atoms with Crippen molar-refractivity contribution in [2.75, 3.05) is 6.54 Å². The molecule has 5 heteroatoms. The molecule has 1 aliphatic carbocycles. The lowest BCUT2D eigenvalue weighted by Gasteiger charge is -2.03. The van der Waals surface area contributed by atoms with Crippen molar-refractivity contribution in [3.8, 4) is 10.6 Å². The zero-order chi connectivity index (χ0) is 13.2. The van der Waals surface area contributed by atoms with Crippen LogP contribution in [0, 0.1) is 6.92 Å². The van der Waals surface area contributed by atoms with Crippen LogP contribution in [0.15, 0.2) is 22.7 Å². The fourth-order valence-corrected chi connectivity index (χ4v) is 3.26. The standard InChI is InChI=1S/C14H16BrN3S/c1-9-11(3-2-4-12(9)15)14-18-17-13(19-14)7-8-16-10-5-6-10/h2-4,10,16H,5-8H2,1H3. The third kappa shape index (κ3) is 3.22. The Morgan fingerprint density at radius 3 is 3.00 bits per heavy atom. The van der Waals surface area contributed by atoms with E-state index in [-0.39, 0.29) is 0 Å². The number of rotatable bonds is 5. The fourth-order valence-electron chi connectivity index (χ4n) is 1.97. The number of halogens is 1. The Hall–Kier alpha value is -0.780. The van der Waals surface area contributed by atoms with Crippen LogP contribution in [0.25, 0.3) is 10.6 Å². The van der Waals surface area contributed by atoms with Crippen molar-refractivity contribution in [2.24, 2.45) is 0 Å². The molecule has 1 aliphatic rings. The van der Waals surface area contributed by atoms with Crippen molar-refractivity contribution >= 4 is 27.3 Å². The van der Waals surface area contributed by atoms with Crippen LogP contribution in [0.5, 0.6) is 0 Å². The number of aromatic nitrogens is 2. The summed E-state index contributed by atoms with van der Waals surface area (Å²) in [5.41, 5.74) is 2.40. The highest BCUT2D eigenvalue weighted by atomic mass is 79.9. The van der Waals surface area contributed by atoms with Gasteiger partial charge in [0.1, 0.15) is 10.0 Å². The molecule has 0 atom stereocenters. The van der Waals surface area contributed by atoms with Crippen LogP contribution in [0.4, 0.5) is 0 Å². The Bertz CT molecular complexity index is 578. The van der Waals surface area contributed by atoms with Crippen LogP contribution in [0.3, 0.4) is 0 Å². The summed E-state index contributed by atoms with van der Waals surface area (Å²) >= 11 is 5.26. The smallest absolute Gasteiger partial charge is 0.148 e. The molecule has 1 heterocycles. The second-order valence-corrected chi connectivity index (χ2v) is 6.81. The molecule has 0 aliphatic heterocycles. The lowest BCUT2D eigenvalue weighted by atomic mass is 10.1. The molecule has 1 aromatic heterocycles. The Kier molecular flexibility index (Phi) is 3.96. The van der Waals surface area contributed by atoms with Gasteiger partial charge in [0, 0.05) is 29.0 Å². The van der Waals surface area contributed by atoms with Gasteiger partial charge >= 0.3 is 0 Å². The highest BCUT2D eigenvalue weighted by molar-refractivity contribution is 9.10. The van der Waals surface area contributed by atoms with E-state index in [2.05, 4.69) is 50.5 Å². The summed E-state index contributed by atoms with van der Waals surface area (Å²) in [4.78, 5) is 0. The number of hydrogen-bond acceptors (Lipinski definition) is 4. The highest BCUT2D eigenvalue weighted by Gasteiger charge is 2.20. The van der Waals surface area contributed by atoms with Crippen LogP contribution in [-0.4, -0.2) is 22.8 Å². The van der Waals surface area contributed by atoms with E-state index in [9.17, 15) is 0 Å². The van der Waals surface area contributed by atoms with E-state index in [1.807, 2.05) is 6.07 Å². The van der Waals surface area contributed by atoms with Gasteiger partial charge in [-0.25, -0.2) is 0 Å². The summed E-state index contributed by atoms with van der Waals surface area (Å²) < 4.78 is 1.12. The molecule has 1 N–H and O–H groups in total. The lowest BCUT2D eigenvalue weighted by molar-refractivity contribution is 0.677. The first kappa shape index (κ1) is 13.2. The van der Waals surface area contributed by atoms with E-state index in [0.717, 1.165) is 33.5 Å². The van der Waals surface area contributed by atoms with Crippen molar-refractivity contribution in [1.29, 1.82) is 0 Å². The molecule has 2 aromatic rings. The van der Waals surface area contributed by atoms with Gasteiger partial charge in [-0.15, -0.1) is 10.2 Å². The predicted molar refractivity (Wildman–Crippen MR) is 82.5 cm³/mol. The van der Waals surface area contributed by atoms with Crippen molar-refractivity contribution in [2.45, 2.75) is 32.2 Å². The van der Waals surface area contributed by atoms with Gasteiger partial charge in [-0.2, -0.15) is 0 Å². The van der Waals surface area contributed by atoms with Gasteiger partial charge in [0.25, 0.3) is 0 Å². The Labute approximate surface area is 125 Å². The maximum atomic E-state index is 4.32. The van der Waals surface area contributed by atoms with Crippen molar-refractivity contribution in [3.05, 3.63) is 33.2 Å². The predicted octanol–water partition coefficient (Wildman–Crippen LogP) is 3.57. The summed E-state index contributed by atoms with van der Waals surface area (Å²) in [6, 6.07) is 6.97. The summed E-state index contributed by atoms with van der Waals surface area (Å²) in [7, 11) is 0. The maximum absolute atomic E-state index is 4.32. The van der Waals surface area contributed by atoms with Gasteiger partial charge in [-0.3, -0.25) is 0 Å². The zero-order valence-corrected chi connectivity index (χ0v) is 13.2. The fraction of sp³-hybridized carbons (Fsp3) is 0.429. The second kappa shape index (κ2) is 5.69. The molecule has 0 unspecified atom stereocenters. The van der Waals surface area contributed by atoms with Gasteiger partial charge < -0.3 is 5.32 Å². The van der Waals surface area contributed by atoms with Gasteiger partial charge in [-0.05, 0) is 31.4 Å². The molecule has 1 aromatic carbocycles. The number of nitrogens with zero attached hydrogens (tertiary/aromatic N) is 2. The minimum absolute atomic E-state index is 0.764. The number of hydrogen-bond donors (Lipinski definition) is 1. The van der Waals surface area contributed by atoms with E-state index >= 15 is 0 Å². The average Bonchev–Trinajstić information content (AvgIpc) is 3.10. The first-order chi connectivity index (χ1) is 9.24. The zero-order valence-electron chi connectivity index (χ0n) is 10.8. The largest absolute Gasteiger partial charge is 0.314 e. The van der Waals surface area contributed by atoms with Crippen LogP contribution in [0.2, 0.25) is 0 Å². The molecule has 0 radical (unpaired) electrons. The average molecular weight is 338 g/mol. The maximum Gasteiger partial charge on any atom is 0.148 e. The molecule has 0 amide bonds. The molecule has 1 fully saturated rings. The number of nitrogens with one attached hydrogen (secondary N) is 1. The minimum Gasteiger partial charge on any atom is -0.314 e. The van der Waals surface area contributed by atoms with Crippen molar-refractivity contribution < 1.29 is 0 Å². The molecule has 100 valence electrons. The third-order valence-electron chi connectivity index (χ3n) is 3.31. The molecule has 3 rings (SSSR count). The topological polar surface area (TPSA) is 37.8 Å². The van der Waals surface area contributed by atoms with E-state index in [0.29, 0.717) is 0 Å². The molecule has 0 bridgehead atoms. The lowest BCUT2D eigenvalue weighted by Crippen LogP contribution is -2.19. The molecule has 0 saturated heterocycles. The summed E-state index contributed by atoms with van der Waals surface area (Å²) in [5.74, 6) is 0. The molecule has 19 heavy (non-hydrogen) atoms. The summed E-state index contributed by atoms with van der Waals surface area (Å²) in [6.07, 6.45) is 3.64. The minimum atomic E-state index is 0.764. The molecular formula is C14H16BrN3S. The Morgan fingerprint density at radius 1 is 1.37 bits per heavy atom. The van der Waals surface area contributed by atoms with E-state index < -0.39 is 0 Å². The SMILES string of the molecule is Cc1c(Br)cccc1-c1nnc(CCNC2CC2)s1. The van der Waals surface area contributed by atoms with Crippen LogP contribution >= 0.6 is 27.3 Å². The Morgan fingerprint density at radius 2 is 2.21 bits per heavy atom. The molecule has 0 spiro atoms. The summed E-state index contributed by atoms with van der Waals surface area (Å²) in [5, 5.41) is 14.2. The van der Waals surface area contributed by atoms with Crippen LogP contribution in [-0.2, 0) is 6.42 Å². The first-order valence-electron chi connectivity index (χ1n) is 6.55. The van der Waals surface area contributed by atoms with Gasteiger partial charge in [0.05, 0.1) is 0 Å². The monoisotopic (exact) mass is 337 g/mol. The van der Waals surface area contributed by atoms with E-state index in [1.165, 1.54) is 24.0 Å². The molecular weight excluding hydrogens is 322 g/mol. The van der Waals surface area contributed by atoms with Gasteiger partial charge in [-0.1, -0.05) is 39.4 Å². The normalized spacial score (nSPS) is 14.8. The second-order valence-electron chi connectivity index (χ2n) is 4.89. The van der Waals surface area contributed by atoms with Crippen LogP contribution < -0.4 is 5.32 Å². The first-order valence-corrected chi connectivity index (χ1v) is 8.16. The molecule has 1 saturated carbocycles. The third-order valence-corrected chi connectivity index (χ3v) is 5.19. The molecule has 3 nitrogen and oxygen atoms in total. The van der Waals surface area contributed by atoms with Gasteiger partial charge in [0.2, 0.25) is 0 Å². The van der Waals surface area contributed by atoms with E-state index in [4.69, 9.17) is 0 Å².